The van der Waals surface area contributed by atoms with Gasteiger partial charge in [0.2, 0.25) is 0 Å². The highest BCUT2D eigenvalue weighted by Crippen LogP contribution is 2.23. The minimum absolute atomic E-state index is 0.545. The number of pyridine rings is 1. The summed E-state index contributed by atoms with van der Waals surface area (Å²) in [5.41, 5.74) is 0. The normalized spacial score (nSPS) is 10.6. The molecule has 0 aromatic carbocycles. The van der Waals surface area contributed by atoms with Crippen LogP contribution in [0.2, 0.25) is 5.02 Å². The Hall–Kier alpha value is -1.00. The number of halogens is 1. The van der Waals surface area contributed by atoms with E-state index in [4.69, 9.17) is 16.7 Å². The molecule has 0 aliphatic heterocycles. The smallest absolute Gasteiger partial charge is 0.328 e. The molecule has 1 heterocycles. The Balaban J connectivity index is 2.46. The number of carboxylic acid groups (broad SMARTS) is 1. The van der Waals surface area contributed by atoms with Gasteiger partial charge in [-0.15, -0.1) is 11.8 Å². The molecule has 0 radical (unpaired) electrons. The number of carboxylic acids is 1. The molecule has 1 rings (SSSR count). The summed E-state index contributed by atoms with van der Waals surface area (Å²) < 4.78 is 0. The minimum Gasteiger partial charge on any atom is -0.478 e. The van der Waals surface area contributed by atoms with Gasteiger partial charge in [0.25, 0.3) is 0 Å². The van der Waals surface area contributed by atoms with Gasteiger partial charge in [-0.1, -0.05) is 17.7 Å². The summed E-state index contributed by atoms with van der Waals surface area (Å²) in [6.45, 7) is 0. The van der Waals surface area contributed by atoms with Gasteiger partial charge in [-0.3, -0.25) is 0 Å². The average molecular weight is 230 g/mol. The van der Waals surface area contributed by atoms with Gasteiger partial charge in [0, 0.05) is 18.0 Å². The Morgan fingerprint density at radius 2 is 2.50 bits per heavy atom. The van der Waals surface area contributed by atoms with E-state index in [0.717, 1.165) is 6.08 Å². The molecule has 1 aromatic rings. The zero-order chi connectivity index (χ0) is 10.4. The molecule has 0 atom stereocenters. The fraction of sp³-hybridized carbons (Fsp3) is 0.111. The van der Waals surface area contributed by atoms with Crippen LogP contribution in [0.15, 0.2) is 35.5 Å². The molecule has 74 valence electrons. The predicted molar refractivity (Wildman–Crippen MR) is 56.7 cm³/mol. The molecular weight excluding hydrogens is 222 g/mol. The van der Waals surface area contributed by atoms with Crippen LogP contribution in [0, 0.1) is 0 Å². The van der Waals surface area contributed by atoms with E-state index >= 15 is 0 Å². The predicted octanol–water partition coefficient (Wildman–Crippen LogP) is 2.47. The summed E-state index contributed by atoms with van der Waals surface area (Å²) in [5.74, 6) is -0.402. The van der Waals surface area contributed by atoms with Crippen LogP contribution in [-0.4, -0.2) is 21.8 Å². The summed E-state index contributed by atoms with van der Waals surface area (Å²) in [6.07, 6.45) is 4.30. The first kappa shape index (κ1) is 11.1. The zero-order valence-corrected chi connectivity index (χ0v) is 8.76. The van der Waals surface area contributed by atoms with E-state index in [2.05, 4.69) is 4.98 Å². The Labute approximate surface area is 90.8 Å². The third-order valence-corrected chi connectivity index (χ3v) is 2.68. The third kappa shape index (κ3) is 3.81. The van der Waals surface area contributed by atoms with E-state index in [-0.39, 0.29) is 0 Å². The summed E-state index contributed by atoms with van der Waals surface area (Å²) >= 11 is 7.24. The van der Waals surface area contributed by atoms with E-state index in [9.17, 15) is 4.79 Å². The lowest BCUT2D eigenvalue weighted by atomic mass is 10.5. The van der Waals surface area contributed by atoms with E-state index in [1.807, 2.05) is 0 Å². The fourth-order valence-electron chi connectivity index (χ4n) is 0.753. The molecule has 5 heteroatoms. The van der Waals surface area contributed by atoms with Crippen molar-refractivity contribution in [3.8, 4) is 0 Å². The summed E-state index contributed by atoms with van der Waals surface area (Å²) in [7, 11) is 0. The maximum Gasteiger partial charge on any atom is 0.328 e. The van der Waals surface area contributed by atoms with Crippen molar-refractivity contribution in [3.05, 3.63) is 35.5 Å². The Morgan fingerprint density at radius 3 is 3.14 bits per heavy atom. The molecular formula is C9H8ClNO2S. The Kier molecular flexibility index (Phi) is 4.49. The summed E-state index contributed by atoms with van der Waals surface area (Å²) in [5, 5.41) is 9.62. The molecule has 1 aromatic heterocycles. The number of thioether (sulfide) groups is 1. The topological polar surface area (TPSA) is 50.2 Å². The zero-order valence-electron chi connectivity index (χ0n) is 7.18. The first-order valence-corrected chi connectivity index (χ1v) is 5.19. The lowest BCUT2D eigenvalue weighted by Gasteiger charge is -1.98. The van der Waals surface area contributed by atoms with Gasteiger partial charge in [0.05, 0.1) is 5.02 Å². The van der Waals surface area contributed by atoms with Gasteiger partial charge >= 0.3 is 5.97 Å². The SMILES string of the molecule is O=C(O)/C=C/CSc1ncccc1Cl. The lowest BCUT2D eigenvalue weighted by Crippen LogP contribution is -1.87. The molecule has 0 spiro atoms. The number of hydrogen-bond donors (Lipinski definition) is 1. The molecule has 1 N–H and O–H groups in total. The highest BCUT2D eigenvalue weighted by Gasteiger charge is 1.98. The molecule has 0 saturated carbocycles. The van der Waals surface area contributed by atoms with Gasteiger partial charge in [-0.2, -0.15) is 0 Å². The van der Waals surface area contributed by atoms with Crippen LogP contribution in [0.1, 0.15) is 0 Å². The largest absolute Gasteiger partial charge is 0.478 e. The van der Waals surface area contributed by atoms with Crippen LogP contribution in [0.3, 0.4) is 0 Å². The maximum atomic E-state index is 10.1. The minimum atomic E-state index is -0.947. The molecule has 0 saturated heterocycles. The molecule has 0 aliphatic rings. The summed E-state index contributed by atoms with van der Waals surface area (Å²) in [6, 6.07) is 3.50. The van der Waals surface area contributed by atoms with Crippen molar-refractivity contribution in [1.29, 1.82) is 0 Å². The second kappa shape index (κ2) is 5.67. The molecule has 3 nitrogen and oxygen atoms in total. The van der Waals surface area contributed by atoms with E-state index in [0.29, 0.717) is 15.8 Å². The molecule has 0 unspecified atom stereocenters. The van der Waals surface area contributed by atoms with Crippen molar-refractivity contribution in [2.24, 2.45) is 0 Å². The highest BCUT2D eigenvalue weighted by molar-refractivity contribution is 7.99. The number of carbonyl (C=O) groups is 1. The Morgan fingerprint density at radius 1 is 1.71 bits per heavy atom. The fourth-order valence-corrected chi connectivity index (χ4v) is 1.73. The quantitative estimate of drug-likeness (QED) is 0.637. The highest BCUT2D eigenvalue weighted by atomic mass is 35.5. The van der Waals surface area contributed by atoms with Crippen LogP contribution in [0.5, 0.6) is 0 Å². The maximum absolute atomic E-state index is 10.1. The monoisotopic (exact) mass is 229 g/mol. The van der Waals surface area contributed by atoms with E-state index in [1.165, 1.54) is 11.8 Å². The molecule has 0 bridgehead atoms. The number of aliphatic carboxylic acids is 1. The molecule has 0 fully saturated rings. The van der Waals surface area contributed by atoms with Crippen molar-refractivity contribution in [3.63, 3.8) is 0 Å². The lowest BCUT2D eigenvalue weighted by molar-refractivity contribution is -0.131. The molecule has 14 heavy (non-hydrogen) atoms. The second-order valence-corrected chi connectivity index (χ2v) is 3.76. The van der Waals surface area contributed by atoms with Crippen molar-refractivity contribution in [2.75, 3.05) is 5.75 Å². The number of nitrogens with zero attached hydrogens (tertiary/aromatic N) is 1. The van der Waals surface area contributed by atoms with E-state index < -0.39 is 5.97 Å². The molecule has 0 aliphatic carbocycles. The van der Waals surface area contributed by atoms with Crippen LogP contribution in [-0.2, 0) is 4.79 Å². The third-order valence-electron chi connectivity index (χ3n) is 1.30. The van der Waals surface area contributed by atoms with Crippen LogP contribution in [0.25, 0.3) is 0 Å². The van der Waals surface area contributed by atoms with Crippen LogP contribution >= 0.6 is 23.4 Å². The first-order chi connectivity index (χ1) is 6.70. The van der Waals surface area contributed by atoms with Crippen molar-refractivity contribution in [1.82, 2.24) is 4.98 Å². The number of hydrogen-bond acceptors (Lipinski definition) is 3. The standard InChI is InChI=1S/C9H8ClNO2S/c10-7-3-1-5-11-9(7)14-6-2-4-8(12)13/h1-5H,6H2,(H,12,13)/b4-2+. The summed E-state index contributed by atoms with van der Waals surface area (Å²) in [4.78, 5) is 14.2. The van der Waals surface area contributed by atoms with Crippen molar-refractivity contribution >= 4 is 29.3 Å². The molecule has 0 amide bonds. The number of rotatable bonds is 4. The van der Waals surface area contributed by atoms with Gasteiger partial charge < -0.3 is 5.11 Å². The van der Waals surface area contributed by atoms with Gasteiger partial charge in [0.15, 0.2) is 0 Å². The second-order valence-electron chi connectivity index (χ2n) is 2.34. The first-order valence-electron chi connectivity index (χ1n) is 3.83. The van der Waals surface area contributed by atoms with Crippen LogP contribution < -0.4 is 0 Å². The van der Waals surface area contributed by atoms with Gasteiger partial charge in [-0.25, -0.2) is 9.78 Å². The average Bonchev–Trinajstić information content (AvgIpc) is 2.15. The van der Waals surface area contributed by atoms with Gasteiger partial charge in [0.1, 0.15) is 5.03 Å². The van der Waals surface area contributed by atoms with Crippen molar-refractivity contribution < 1.29 is 9.90 Å². The van der Waals surface area contributed by atoms with Crippen molar-refractivity contribution in [2.45, 2.75) is 5.03 Å². The van der Waals surface area contributed by atoms with Gasteiger partial charge in [-0.05, 0) is 12.1 Å². The van der Waals surface area contributed by atoms with E-state index in [1.54, 1.807) is 24.4 Å². The van der Waals surface area contributed by atoms with Crippen LogP contribution in [0.4, 0.5) is 0 Å². The number of aromatic nitrogens is 1. The Bertz CT molecular complexity index is 354.